The molecule has 132 valence electrons. The molecule has 3 saturated heterocycles. The van der Waals surface area contributed by atoms with Gasteiger partial charge in [0.25, 0.3) is 0 Å². The third-order valence-electron chi connectivity index (χ3n) is 5.74. The maximum absolute atomic E-state index is 5.79. The standard InChI is InChI=1S/C22H27NO2/c1-2-4-21(5-3-1)24-14-15-25-22-8-6-18(7-9-22)16-20-17-23-12-10-19(20)11-13-23/h1-9,19-20H,10-17H2/p+1/t20-/m1/s1. The van der Waals surface area contributed by atoms with Crippen molar-refractivity contribution in [3.63, 3.8) is 0 Å². The molecule has 0 aliphatic carbocycles. The minimum atomic E-state index is 0.564. The van der Waals surface area contributed by atoms with Crippen molar-refractivity contribution in [1.82, 2.24) is 0 Å². The van der Waals surface area contributed by atoms with Gasteiger partial charge < -0.3 is 14.4 Å². The predicted octanol–water partition coefficient (Wildman–Crippen LogP) is 2.61. The summed E-state index contributed by atoms with van der Waals surface area (Å²) in [4.78, 5) is 1.82. The first kappa shape index (κ1) is 16.5. The van der Waals surface area contributed by atoms with Crippen molar-refractivity contribution in [2.75, 3.05) is 32.8 Å². The van der Waals surface area contributed by atoms with Crippen molar-refractivity contribution in [2.24, 2.45) is 11.8 Å². The fraction of sp³-hybridized carbons (Fsp3) is 0.455. The van der Waals surface area contributed by atoms with Gasteiger partial charge in [-0.1, -0.05) is 30.3 Å². The Morgan fingerprint density at radius 3 is 2.04 bits per heavy atom. The third kappa shape index (κ3) is 4.35. The number of quaternary nitrogens is 1. The van der Waals surface area contributed by atoms with E-state index < -0.39 is 0 Å². The Balaban J connectivity index is 1.22. The van der Waals surface area contributed by atoms with Crippen LogP contribution in [-0.2, 0) is 6.42 Å². The van der Waals surface area contributed by atoms with Crippen molar-refractivity contribution < 1.29 is 14.4 Å². The Hall–Kier alpha value is -2.00. The Bertz CT molecular complexity index is 647. The molecule has 1 N–H and O–H groups in total. The first-order valence-electron chi connectivity index (χ1n) is 9.60. The second kappa shape index (κ2) is 7.92. The fourth-order valence-corrected chi connectivity index (χ4v) is 4.36. The van der Waals surface area contributed by atoms with E-state index in [-0.39, 0.29) is 0 Å². The van der Waals surface area contributed by atoms with Gasteiger partial charge in [0, 0.05) is 18.8 Å². The average molecular weight is 338 g/mol. The molecule has 2 aromatic carbocycles. The van der Waals surface area contributed by atoms with E-state index in [1.54, 1.807) is 0 Å². The van der Waals surface area contributed by atoms with Crippen LogP contribution in [0.25, 0.3) is 0 Å². The van der Waals surface area contributed by atoms with Gasteiger partial charge in [-0.25, -0.2) is 0 Å². The minimum absolute atomic E-state index is 0.564. The molecule has 25 heavy (non-hydrogen) atoms. The van der Waals surface area contributed by atoms with Crippen molar-refractivity contribution in [3.05, 3.63) is 60.2 Å². The quantitative estimate of drug-likeness (QED) is 0.784. The van der Waals surface area contributed by atoms with E-state index in [0.29, 0.717) is 13.2 Å². The first-order chi connectivity index (χ1) is 12.4. The van der Waals surface area contributed by atoms with Gasteiger partial charge in [-0.15, -0.1) is 0 Å². The summed E-state index contributed by atoms with van der Waals surface area (Å²) < 4.78 is 11.4. The number of hydrogen-bond acceptors (Lipinski definition) is 2. The van der Waals surface area contributed by atoms with Crippen LogP contribution in [0, 0.1) is 11.8 Å². The molecular weight excluding hydrogens is 310 g/mol. The van der Waals surface area contributed by atoms with Crippen LogP contribution >= 0.6 is 0 Å². The lowest BCUT2D eigenvalue weighted by Crippen LogP contribution is -3.15. The largest absolute Gasteiger partial charge is 0.490 e. The lowest BCUT2D eigenvalue weighted by Gasteiger charge is -2.42. The Morgan fingerprint density at radius 2 is 1.44 bits per heavy atom. The molecule has 0 unspecified atom stereocenters. The molecule has 3 fully saturated rings. The van der Waals surface area contributed by atoms with Gasteiger partial charge in [-0.3, -0.25) is 0 Å². The molecule has 3 aliphatic rings. The number of para-hydroxylation sites is 1. The van der Waals surface area contributed by atoms with Crippen LogP contribution in [0.1, 0.15) is 18.4 Å². The molecule has 0 aromatic heterocycles. The Morgan fingerprint density at radius 1 is 0.800 bits per heavy atom. The van der Waals surface area contributed by atoms with E-state index in [2.05, 4.69) is 24.3 Å². The van der Waals surface area contributed by atoms with Crippen LogP contribution in [-0.4, -0.2) is 32.8 Å². The molecule has 0 saturated carbocycles. The van der Waals surface area contributed by atoms with E-state index in [1.165, 1.54) is 44.5 Å². The van der Waals surface area contributed by atoms with Crippen LogP contribution in [0.3, 0.4) is 0 Å². The second-order valence-corrected chi connectivity index (χ2v) is 7.41. The number of benzene rings is 2. The zero-order chi connectivity index (χ0) is 16.9. The first-order valence-corrected chi connectivity index (χ1v) is 9.60. The maximum atomic E-state index is 5.79. The van der Waals surface area contributed by atoms with Gasteiger partial charge in [-0.2, -0.15) is 0 Å². The zero-order valence-electron chi connectivity index (χ0n) is 14.8. The number of piperidine rings is 3. The average Bonchev–Trinajstić information content (AvgIpc) is 2.68. The zero-order valence-corrected chi connectivity index (χ0v) is 14.8. The van der Waals surface area contributed by atoms with E-state index >= 15 is 0 Å². The number of ether oxygens (including phenoxy) is 2. The van der Waals surface area contributed by atoms with Gasteiger partial charge in [-0.05, 0) is 42.2 Å². The number of fused-ring (bicyclic) bond motifs is 3. The van der Waals surface area contributed by atoms with Gasteiger partial charge >= 0.3 is 0 Å². The van der Waals surface area contributed by atoms with Gasteiger partial charge in [0.15, 0.2) is 0 Å². The fourth-order valence-electron chi connectivity index (χ4n) is 4.36. The summed E-state index contributed by atoms with van der Waals surface area (Å²) in [6.45, 7) is 5.31. The minimum Gasteiger partial charge on any atom is -0.490 e. The summed E-state index contributed by atoms with van der Waals surface area (Å²) in [6, 6.07) is 18.5. The highest BCUT2D eigenvalue weighted by molar-refractivity contribution is 5.27. The van der Waals surface area contributed by atoms with Crippen LogP contribution < -0.4 is 14.4 Å². The third-order valence-corrected chi connectivity index (χ3v) is 5.74. The predicted molar refractivity (Wildman–Crippen MR) is 99.4 cm³/mol. The van der Waals surface area contributed by atoms with Crippen LogP contribution in [0.4, 0.5) is 0 Å². The molecule has 3 heteroatoms. The molecule has 2 aromatic rings. The highest BCUT2D eigenvalue weighted by Crippen LogP contribution is 2.27. The Kier molecular flexibility index (Phi) is 5.22. The van der Waals surface area contributed by atoms with E-state index in [0.717, 1.165) is 23.3 Å². The lowest BCUT2D eigenvalue weighted by atomic mass is 9.76. The Labute approximate surface area is 150 Å². The highest BCUT2D eigenvalue weighted by Gasteiger charge is 2.36. The molecule has 3 heterocycles. The number of hydrogen-bond donors (Lipinski definition) is 1. The summed E-state index contributed by atoms with van der Waals surface area (Å²) in [5.41, 5.74) is 1.45. The van der Waals surface area contributed by atoms with Crippen LogP contribution in [0.15, 0.2) is 54.6 Å². The van der Waals surface area contributed by atoms with Crippen LogP contribution in [0.2, 0.25) is 0 Å². The SMILES string of the molecule is c1ccc(OCCOc2ccc(C[C@@H]3C[NH+]4CCC3CC4)cc2)cc1. The van der Waals surface area contributed by atoms with Crippen LogP contribution in [0.5, 0.6) is 11.5 Å². The molecule has 0 spiro atoms. The summed E-state index contributed by atoms with van der Waals surface area (Å²) in [5, 5.41) is 0. The second-order valence-electron chi connectivity index (χ2n) is 7.41. The van der Waals surface area contributed by atoms with Crippen molar-refractivity contribution >= 4 is 0 Å². The smallest absolute Gasteiger partial charge is 0.122 e. The van der Waals surface area contributed by atoms with E-state index in [4.69, 9.17) is 9.47 Å². The maximum Gasteiger partial charge on any atom is 0.122 e. The molecular formula is C22H28NO2+. The summed E-state index contributed by atoms with van der Waals surface area (Å²) >= 11 is 0. The number of nitrogens with one attached hydrogen (secondary N) is 1. The monoisotopic (exact) mass is 338 g/mol. The lowest BCUT2D eigenvalue weighted by molar-refractivity contribution is -0.921. The van der Waals surface area contributed by atoms with Crippen molar-refractivity contribution in [1.29, 1.82) is 0 Å². The van der Waals surface area contributed by atoms with Crippen molar-refractivity contribution in [2.45, 2.75) is 19.3 Å². The molecule has 5 rings (SSSR count). The molecule has 0 amide bonds. The van der Waals surface area contributed by atoms with Crippen molar-refractivity contribution in [3.8, 4) is 11.5 Å². The summed E-state index contributed by atoms with van der Waals surface area (Å²) in [7, 11) is 0. The number of rotatable bonds is 7. The topological polar surface area (TPSA) is 22.9 Å². The van der Waals surface area contributed by atoms with Gasteiger partial charge in [0.1, 0.15) is 24.7 Å². The van der Waals surface area contributed by atoms with E-state index in [9.17, 15) is 0 Å². The molecule has 3 aliphatic heterocycles. The van der Waals surface area contributed by atoms with Gasteiger partial charge in [0.2, 0.25) is 0 Å². The molecule has 0 radical (unpaired) electrons. The molecule has 1 atom stereocenters. The highest BCUT2D eigenvalue weighted by atomic mass is 16.5. The normalized spacial score (nSPS) is 24.9. The van der Waals surface area contributed by atoms with E-state index in [1.807, 2.05) is 35.2 Å². The summed E-state index contributed by atoms with van der Waals surface area (Å²) in [5.74, 6) is 3.66. The van der Waals surface area contributed by atoms with Gasteiger partial charge in [0.05, 0.1) is 19.6 Å². The summed E-state index contributed by atoms with van der Waals surface area (Å²) in [6.07, 6.45) is 4.09. The molecule has 3 nitrogen and oxygen atoms in total. The molecule has 2 bridgehead atoms.